The van der Waals surface area contributed by atoms with Gasteiger partial charge < -0.3 is 20.2 Å². The summed E-state index contributed by atoms with van der Waals surface area (Å²) in [5.74, 6) is -1.99. The van der Waals surface area contributed by atoms with Gasteiger partial charge in [0.15, 0.2) is 5.58 Å². The maximum atomic E-state index is 14.0. The molecule has 0 aliphatic heterocycles. The summed E-state index contributed by atoms with van der Waals surface area (Å²) < 4.78 is 18.9. The predicted molar refractivity (Wildman–Crippen MR) is 108 cm³/mol. The van der Waals surface area contributed by atoms with Crippen molar-refractivity contribution >= 4 is 40.2 Å². The van der Waals surface area contributed by atoms with Crippen molar-refractivity contribution in [3.05, 3.63) is 69.6 Å². The molecule has 0 saturated carbocycles. The van der Waals surface area contributed by atoms with Crippen LogP contribution in [0.25, 0.3) is 11.1 Å². The lowest BCUT2D eigenvalue weighted by atomic mass is 10.1. The van der Waals surface area contributed by atoms with E-state index < -0.39 is 23.1 Å². The van der Waals surface area contributed by atoms with Crippen molar-refractivity contribution in [2.24, 2.45) is 0 Å². The Balaban J connectivity index is 1.63. The smallest absolute Gasteiger partial charge is 0.417 e. The first-order valence-electron chi connectivity index (χ1n) is 8.84. The summed E-state index contributed by atoms with van der Waals surface area (Å²) in [6.07, 6.45) is 1.59. The molecule has 0 atom stereocenters. The highest BCUT2D eigenvalue weighted by atomic mass is 19.1. The number of nitrogens with one attached hydrogen (secondary N) is 3. The maximum absolute atomic E-state index is 14.0. The fraction of sp³-hybridized carbons (Fsp3) is 0.100. The van der Waals surface area contributed by atoms with Gasteiger partial charge in [0.2, 0.25) is 5.95 Å². The number of aryl methyl sites for hydroxylation is 2. The Morgan fingerprint density at radius 3 is 2.70 bits per heavy atom. The monoisotopic (exact) mass is 409 g/mol. The lowest BCUT2D eigenvalue weighted by Gasteiger charge is -2.12. The van der Waals surface area contributed by atoms with E-state index >= 15 is 0 Å². The molecule has 4 rings (SSSR count). The van der Waals surface area contributed by atoms with E-state index in [2.05, 4.69) is 25.6 Å². The lowest BCUT2D eigenvalue weighted by molar-refractivity contribution is 0.0691. The Morgan fingerprint density at radius 2 is 1.93 bits per heavy atom. The molecule has 4 aromatic rings. The summed E-state index contributed by atoms with van der Waals surface area (Å²) in [5, 5.41) is 15.2. The summed E-state index contributed by atoms with van der Waals surface area (Å²) in [7, 11) is 0. The molecule has 0 fully saturated rings. The summed E-state index contributed by atoms with van der Waals surface area (Å²) in [5.41, 5.74) is 2.49. The molecule has 0 aliphatic rings. The molecule has 2 aromatic carbocycles. The molecule has 0 bridgehead atoms. The Labute approximate surface area is 168 Å². The van der Waals surface area contributed by atoms with E-state index in [0.29, 0.717) is 28.3 Å². The number of carboxylic acids is 1. The third-order valence-electron chi connectivity index (χ3n) is 4.39. The second-order valence-corrected chi connectivity index (χ2v) is 6.66. The highest BCUT2D eigenvalue weighted by molar-refractivity contribution is 5.89. The fourth-order valence-corrected chi connectivity index (χ4v) is 2.92. The average molecular weight is 409 g/mol. The van der Waals surface area contributed by atoms with E-state index in [4.69, 9.17) is 9.52 Å². The number of aromatic amines is 1. The molecule has 0 amide bonds. The Hall–Kier alpha value is -4.21. The standard InChI is InChI=1S/C20H16FN5O4/c1-9-5-12(6-13(16(9)21)18(27)28)24-19-22-8-10(2)17(26-19)23-11-3-4-15-14(7-11)25-20(29)30-15/h3-8H,1-2H3,(H,25,29)(H,27,28)(H2,22,23,24,26). The molecule has 0 radical (unpaired) electrons. The van der Waals surface area contributed by atoms with Crippen molar-refractivity contribution in [2.75, 3.05) is 10.6 Å². The minimum atomic E-state index is -1.36. The zero-order valence-corrected chi connectivity index (χ0v) is 15.9. The summed E-state index contributed by atoms with van der Waals surface area (Å²) in [6, 6.07) is 7.75. The van der Waals surface area contributed by atoms with Crippen LogP contribution >= 0.6 is 0 Å². The molecule has 152 valence electrons. The van der Waals surface area contributed by atoms with Gasteiger partial charge >= 0.3 is 11.7 Å². The van der Waals surface area contributed by atoms with Crippen LogP contribution in [0.1, 0.15) is 21.5 Å². The van der Waals surface area contributed by atoms with Gasteiger partial charge in [-0.1, -0.05) is 0 Å². The fourth-order valence-electron chi connectivity index (χ4n) is 2.92. The number of H-pyrrole nitrogens is 1. The van der Waals surface area contributed by atoms with Crippen molar-refractivity contribution in [3.63, 3.8) is 0 Å². The van der Waals surface area contributed by atoms with Crippen LogP contribution in [-0.4, -0.2) is 26.0 Å². The summed E-state index contributed by atoms with van der Waals surface area (Å²) in [4.78, 5) is 33.7. The molecule has 4 N–H and O–H groups in total. The SMILES string of the molecule is Cc1cnc(Nc2cc(C)c(F)c(C(=O)O)c2)nc1Nc1ccc2oc(=O)[nH]c2c1. The normalized spacial score (nSPS) is 10.9. The first kappa shape index (κ1) is 19.1. The number of hydrogen-bond donors (Lipinski definition) is 4. The van der Waals surface area contributed by atoms with Crippen LogP contribution in [0.2, 0.25) is 0 Å². The first-order valence-corrected chi connectivity index (χ1v) is 8.84. The third-order valence-corrected chi connectivity index (χ3v) is 4.39. The summed E-state index contributed by atoms with van der Waals surface area (Å²) in [6.45, 7) is 3.29. The van der Waals surface area contributed by atoms with Gasteiger partial charge in [-0.05, 0) is 49.7 Å². The van der Waals surface area contributed by atoms with E-state index in [1.807, 2.05) is 6.92 Å². The highest BCUT2D eigenvalue weighted by Crippen LogP contribution is 2.25. The average Bonchev–Trinajstić information content (AvgIpc) is 3.06. The van der Waals surface area contributed by atoms with Crippen LogP contribution < -0.4 is 16.4 Å². The molecule has 0 aliphatic carbocycles. The van der Waals surface area contributed by atoms with Crippen LogP contribution in [0.15, 0.2) is 45.7 Å². The zero-order valence-electron chi connectivity index (χ0n) is 15.9. The van der Waals surface area contributed by atoms with Crippen molar-refractivity contribution in [1.29, 1.82) is 0 Å². The predicted octanol–water partition coefficient (Wildman–Crippen LogP) is 3.85. The van der Waals surface area contributed by atoms with Gasteiger partial charge in [0.05, 0.1) is 11.1 Å². The van der Waals surface area contributed by atoms with Crippen molar-refractivity contribution in [1.82, 2.24) is 15.0 Å². The maximum Gasteiger partial charge on any atom is 0.417 e. The van der Waals surface area contributed by atoms with E-state index in [-0.39, 0.29) is 11.5 Å². The number of carboxylic acid groups (broad SMARTS) is 1. The lowest BCUT2D eigenvalue weighted by Crippen LogP contribution is -2.06. The Kier molecular flexibility index (Phi) is 4.66. The second-order valence-electron chi connectivity index (χ2n) is 6.66. The Morgan fingerprint density at radius 1 is 1.13 bits per heavy atom. The van der Waals surface area contributed by atoms with Crippen LogP contribution in [0.3, 0.4) is 0 Å². The number of halogens is 1. The van der Waals surface area contributed by atoms with Gasteiger partial charge in [0.1, 0.15) is 11.6 Å². The molecule has 10 heteroatoms. The first-order chi connectivity index (χ1) is 14.3. The molecule has 2 heterocycles. The topological polar surface area (TPSA) is 133 Å². The van der Waals surface area contributed by atoms with E-state index in [1.54, 1.807) is 24.4 Å². The zero-order chi connectivity index (χ0) is 21.4. The number of oxazole rings is 1. The quantitative estimate of drug-likeness (QED) is 0.391. The number of fused-ring (bicyclic) bond motifs is 1. The summed E-state index contributed by atoms with van der Waals surface area (Å²) >= 11 is 0. The van der Waals surface area contributed by atoms with Crippen LogP contribution in [0.5, 0.6) is 0 Å². The van der Waals surface area contributed by atoms with Gasteiger partial charge in [-0.25, -0.2) is 19.0 Å². The van der Waals surface area contributed by atoms with Crippen molar-refractivity contribution in [3.8, 4) is 0 Å². The van der Waals surface area contributed by atoms with Crippen LogP contribution in [-0.2, 0) is 0 Å². The second kappa shape index (κ2) is 7.32. The van der Waals surface area contributed by atoms with E-state index in [1.165, 1.54) is 19.1 Å². The largest absolute Gasteiger partial charge is 0.478 e. The van der Waals surface area contributed by atoms with E-state index in [9.17, 15) is 14.0 Å². The molecular weight excluding hydrogens is 393 g/mol. The number of carbonyl (C=O) groups is 1. The number of aromatic nitrogens is 3. The number of rotatable bonds is 5. The van der Waals surface area contributed by atoms with Crippen LogP contribution in [0.4, 0.5) is 27.5 Å². The van der Waals surface area contributed by atoms with Gasteiger partial charge in [0.25, 0.3) is 0 Å². The molecule has 0 unspecified atom stereocenters. The number of aromatic carboxylic acids is 1. The number of hydrogen-bond acceptors (Lipinski definition) is 7. The van der Waals surface area contributed by atoms with Crippen molar-refractivity contribution < 1.29 is 18.7 Å². The number of benzene rings is 2. The third kappa shape index (κ3) is 3.70. The van der Waals surface area contributed by atoms with Gasteiger partial charge in [-0.15, -0.1) is 0 Å². The number of nitrogens with zero attached hydrogens (tertiary/aromatic N) is 2. The van der Waals surface area contributed by atoms with Gasteiger partial charge in [-0.2, -0.15) is 4.98 Å². The minimum absolute atomic E-state index is 0.185. The molecule has 30 heavy (non-hydrogen) atoms. The molecule has 0 saturated heterocycles. The molecule has 0 spiro atoms. The molecule has 2 aromatic heterocycles. The highest BCUT2D eigenvalue weighted by Gasteiger charge is 2.15. The Bertz CT molecular complexity index is 1350. The van der Waals surface area contributed by atoms with Crippen molar-refractivity contribution in [2.45, 2.75) is 13.8 Å². The molecule has 9 nitrogen and oxygen atoms in total. The van der Waals surface area contributed by atoms with Gasteiger partial charge in [0, 0.05) is 23.1 Å². The van der Waals surface area contributed by atoms with Crippen LogP contribution in [0, 0.1) is 19.7 Å². The van der Waals surface area contributed by atoms with E-state index in [0.717, 1.165) is 5.56 Å². The minimum Gasteiger partial charge on any atom is -0.478 e. The number of anilines is 4. The molecular formula is C20H16FN5O4. The van der Waals surface area contributed by atoms with Gasteiger partial charge in [-0.3, -0.25) is 4.98 Å².